The van der Waals surface area contributed by atoms with Crippen molar-refractivity contribution in [3.05, 3.63) is 41.2 Å². The predicted octanol–water partition coefficient (Wildman–Crippen LogP) is 1.84. The van der Waals surface area contributed by atoms with Crippen LogP contribution in [-0.2, 0) is 13.5 Å². The third-order valence-corrected chi connectivity index (χ3v) is 3.45. The first-order valence-electron chi connectivity index (χ1n) is 6.79. The maximum absolute atomic E-state index is 10.6. The van der Waals surface area contributed by atoms with E-state index in [9.17, 15) is 5.11 Å². The Morgan fingerprint density at radius 3 is 2.80 bits per heavy atom. The van der Waals surface area contributed by atoms with Gasteiger partial charge in [0.15, 0.2) is 11.5 Å². The first kappa shape index (κ1) is 13.0. The van der Waals surface area contributed by atoms with Gasteiger partial charge in [0.05, 0.1) is 5.69 Å². The summed E-state index contributed by atoms with van der Waals surface area (Å²) in [5.74, 6) is 1.42. The third kappa shape index (κ3) is 2.25. The van der Waals surface area contributed by atoms with E-state index in [1.807, 2.05) is 38.4 Å². The molecule has 0 spiro atoms. The van der Waals surface area contributed by atoms with Crippen molar-refractivity contribution >= 4 is 0 Å². The molecule has 3 rings (SSSR count). The van der Waals surface area contributed by atoms with E-state index in [1.165, 1.54) is 0 Å². The molecule has 1 N–H and O–H groups in total. The summed E-state index contributed by atoms with van der Waals surface area (Å²) in [5, 5.41) is 14.9. The number of aryl methyl sites for hydroxylation is 2. The van der Waals surface area contributed by atoms with Crippen LogP contribution in [0.5, 0.6) is 11.5 Å². The monoisotopic (exact) mass is 274 g/mol. The maximum atomic E-state index is 10.6. The summed E-state index contributed by atoms with van der Waals surface area (Å²) in [6.45, 7) is 3.14. The molecule has 0 bridgehead atoms. The smallest absolute Gasteiger partial charge is 0.161 e. The Morgan fingerprint density at radius 2 is 2.05 bits per heavy atom. The number of fused-ring (bicyclic) bond motifs is 1. The average Bonchev–Trinajstić information content (AvgIpc) is 2.87. The molecular formula is C15H18N2O3. The second kappa shape index (κ2) is 5.17. The zero-order valence-electron chi connectivity index (χ0n) is 11.7. The molecule has 5 heteroatoms. The molecule has 0 radical (unpaired) electrons. The minimum atomic E-state index is -0.700. The molecule has 1 aromatic carbocycles. The average molecular weight is 274 g/mol. The molecule has 0 saturated heterocycles. The van der Waals surface area contributed by atoms with Gasteiger partial charge in [0, 0.05) is 18.8 Å². The lowest BCUT2D eigenvalue weighted by Crippen LogP contribution is -2.15. The highest BCUT2D eigenvalue weighted by molar-refractivity contribution is 5.46. The van der Waals surface area contributed by atoms with Crippen LogP contribution in [0, 0.1) is 0 Å². The Balaban J connectivity index is 1.95. The normalized spacial score (nSPS) is 15.2. The zero-order valence-corrected chi connectivity index (χ0v) is 11.7. The number of ether oxygens (including phenoxy) is 2. The quantitative estimate of drug-likeness (QED) is 0.928. The Labute approximate surface area is 117 Å². The Morgan fingerprint density at radius 1 is 1.30 bits per heavy atom. The van der Waals surface area contributed by atoms with Gasteiger partial charge in [-0.05, 0) is 24.1 Å². The first-order valence-corrected chi connectivity index (χ1v) is 6.79. The van der Waals surface area contributed by atoms with Gasteiger partial charge >= 0.3 is 0 Å². The number of hydrogen-bond donors (Lipinski definition) is 1. The number of aliphatic hydroxyl groups excluding tert-OH is 1. The molecule has 1 aliphatic heterocycles. The summed E-state index contributed by atoms with van der Waals surface area (Å²) in [5.41, 5.74) is 2.54. The molecule has 2 heterocycles. The van der Waals surface area contributed by atoms with E-state index in [2.05, 4.69) is 5.10 Å². The molecule has 1 aromatic heterocycles. The first-order chi connectivity index (χ1) is 9.69. The van der Waals surface area contributed by atoms with E-state index in [1.54, 1.807) is 4.68 Å². The standard InChI is InChI=1S/C15H18N2O3/c1-3-12-11(9-17(2)16-12)15(18)10-4-5-13-14(8-10)20-7-6-19-13/h4-5,8-9,15,18H,3,6-7H2,1-2H3. The molecule has 0 amide bonds. The fraction of sp³-hybridized carbons (Fsp3) is 0.400. The maximum Gasteiger partial charge on any atom is 0.161 e. The molecule has 1 aliphatic rings. The number of aromatic nitrogens is 2. The largest absolute Gasteiger partial charge is 0.486 e. The molecule has 0 saturated carbocycles. The van der Waals surface area contributed by atoms with Crippen molar-refractivity contribution in [1.29, 1.82) is 0 Å². The number of nitrogens with zero attached hydrogens (tertiary/aromatic N) is 2. The van der Waals surface area contributed by atoms with Crippen molar-refractivity contribution < 1.29 is 14.6 Å². The lowest BCUT2D eigenvalue weighted by molar-refractivity contribution is 0.169. The van der Waals surface area contributed by atoms with Crippen LogP contribution in [0.2, 0.25) is 0 Å². The lowest BCUT2D eigenvalue weighted by atomic mass is 10.0. The summed E-state index contributed by atoms with van der Waals surface area (Å²) in [7, 11) is 1.86. The highest BCUT2D eigenvalue weighted by atomic mass is 16.6. The molecule has 1 atom stereocenters. The molecule has 106 valence electrons. The molecule has 20 heavy (non-hydrogen) atoms. The van der Waals surface area contributed by atoms with Crippen LogP contribution in [0.4, 0.5) is 0 Å². The minimum absolute atomic E-state index is 0.541. The van der Waals surface area contributed by atoms with Crippen LogP contribution in [-0.4, -0.2) is 28.1 Å². The van der Waals surface area contributed by atoms with E-state index in [-0.39, 0.29) is 0 Å². The van der Waals surface area contributed by atoms with E-state index in [0.717, 1.165) is 29.0 Å². The van der Waals surface area contributed by atoms with Crippen molar-refractivity contribution in [3.8, 4) is 11.5 Å². The van der Waals surface area contributed by atoms with Gasteiger partial charge in [-0.25, -0.2) is 0 Å². The summed E-state index contributed by atoms with van der Waals surface area (Å²) in [4.78, 5) is 0. The predicted molar refractivity (Wildman–Crippen MR) is 74.1 cm³/mol. The molecule has 2 aromatic rings. The number of aliphatic hydroxyl groups is 1. The second-order valence-electron chi connectivity index (χ2n) is 4.86. The van der Waals surface area contributed by atoms with Crippen molar-refractivity contribution in [2.24, 2.45) is 7.05 Å². The Hall–Kier alpha value is -2.01. The number of benzene rings is 1. The van der Waals surface area contributed by atoms with Crippen LogP contribution in [0.15, 0.2) is 24.4 Å². The molecular weight excluding hydrogens is 256 g/mol. The van der Waals surface area contributed by atoms with Gasteiger partial charge in [-0.2, -0.15) is 5.10 Å². The number of rotatable bonds is 3. The topological polar surface area (TPSA) is 56.5 Å². The highest BCUT2D eigenvalue weighted by Gasteiger charge is 2.20. The fourth-order valence-electron chi connectivity index (χ4n) is 2.47. The van der Waals surface area contributed by atoms with Gasteiger partial charge in [0.1, 0.15) is 19.3 Å². The van der Waals surface area contributed by atoms with Gasteiger partial charge in [0.25, 0.3) is 0 Å². The van der Waals surface area contributed by atoms with Crippen molar-refractivity contribution in [1.82, 2.24) is 9.78 Å². The van der Waals surface area contributed by atoms with Crippen LogP contribution in [0.25, 0.3) is 0 Å². The lowest BCUT2D eigenvalue weighted by Gasteiger charge is -2.20. The van der Waals surface area contributed by atoms with E-state index in [4.69, 9.17) is 9.47 Å². The van der Waals surface area contributed by atoms with Crippen LogP contribution in [0.1, 0.15) is 29.8 Å². The molecule has 0 fully saturated rings. The van der Waals surface area contributed by atoms with Gasteiger partial charge in [0.2, 0.25) is 0 Å². The van der Waals surface area contributed by atoms with Gasteiger partial charge in [-0.1, -0.05) is 13.0 Å². The van der Waals surface area contributed by atoms with Crippen molar-refractivity contribution in [2.45, 2.75) is 19.4 Å². The molecule has 5 nitrogen and oxygen atoms in total. The summed E-state index contributed by atoms with van der Waals surface area (Å²) >= 11 is 0. The van der Waals surface area contributed by atoms with E-state index >= 15 is 0 Å². The summed E-state index contributed by atoms with van der Waals surface area (Å²) < 4.78 is 12.8. The number of hydrogen-bond acceptors (Lipinski definition) is 4. The summed E-state index contributed by atoms with van der Waals surface area (Å²) in [6.07, 6.45) is 1.95. The van der Waals surface area contributed by atoms with E-state index < -0.39 is 6.10 Å². The minimum Gasteiger partial charge on any atom is -0.486 e. The van der Waals surface area contributed by atoms with E-state index in [0.29, 0.717) is 19.0 Å². The van der Waals surface area contributed by atoms with Crippen molar-refractivity contribution in [3.63, 3.8) is 0 Å². The molecule has 1 unspecified atom stereocenters. The third-order valence-electron chi connectivity index (χ3n) is 3.45. The molecule has 0 aliphatic carbocycles. The second-order valence-corrected chi connectivity index (χ2v) is 4.86. The van der Waals surface area contributed by atoms with Crippen LogP contribution in [0.3, 0.4) is 0 Å². The Kier molecular flexibility index (Phi) is 3.36. The Bertz CT molecular complexity index is 622. The fourth-order valence-corrected chi connectivity index (χ4v) is 2.47. The zero-order chi connectivity index (χ0) is 14.1. The van der Waals surface area contributed by atoms with Crippen LogP contribution >= 0.6 is 0 Å². The highest BCUT2D eigenvalue weighted by Crippen LogP contribution is 2.34. The van der Waals surface area contributed by atoms with Gasteiger partial charge in [-0.15, -0.1) is 0 Å². The van der Waals surface area contributed by atoms with Crippen LogP contribution < -0.4 is 9.47 Å². The SMILES string of the molecule is CCc1nn(C)cc1C(O)c1ccc2c(c1)OCCO2. The van der Waals surface area contributed by atoms with Gasteiger partial charge in [-0.3, -0.25) is 4.68 Å². The van der Waals surface area contributed by atoms with Gasteiger partial charge < -0.3 is 14.6 Å². The van der Waals surface area contributed by atoms with Crippen molar-refractivity contribution in [2.75, 3.05) is 13.2 Å². The summed E-state index contributed by atoms with van der Waals surface area (Å²) in [6, 6.07) is 5.55.